The van der Waals surface area contributed by atoms with Gasteiger partial charge < -0.3 is 10.1 Å². The summed E-state index contributed by atoms with van der Waals surface area (Å²) in [7, 11) is 1.66. The molecule has 0 saturated heterocycles. The molecule has 4 aromatic rings. The second kappa shape index (κ2) is 6.87. The molecule has 4 rings (SSSR count). The Hall–Kier alpha value is -3.36. The molecule has 0 aliphatic heterocycles. The Kier molecular flexibility index (Phi) is 4.26. The van der Waals surface area contributed by atoms with Gasteiger partial charge in [0.15, 0.2) is 5.82 Å². The van der Waals surface area contributed by atoms with Crippen LogP contribution < -0.4 is 10.1 Å². The van der Waals surface area contributed by atoms with E-state index < -0.39 is 0 Å². The molecule has 2 aromatic carbocycles. The first-order chi connectivity index (χ1) is 12.8. The molecule has 0 bridgehead atoms. The number of hydrogen-bond donors (Lipinski definition) is 1. The number of terminal acetylenes is 1. The summed E-state index contributed by atoms with van der Waals surface area (Å²) in [5, 5.41) is 3.35. The van der Waals surface area contributed by atoms with Gasteiger partial charge in [-0.2, -0.15) is 0 Å². The highest BCUT2D eigenvalue weighted by Crippen LogP contribution is 2.37. The Morgan fingerprint density at radius 2 is 1.92 bits per heavy atom. The first-order valence-corrected chi connectivity index (χ1v) is 8.81. The van der Waals surface area contributed by atoms with E-state index in [0.29, 0.717) is 0 Å². The zero-order valence-electron chi connectivity index (χ0n) is 14.1. The molecule has 2 aromatic heterocycles. The van der Waals surface area contributed by atoms with Crippen LogP contribution in [-0.2, 0) is 0 Å². The molecule has 0 unspecified atom stereocenters. The number of fused-ring (bicyclic) bond motifs is 1. The summed E-state index contributed by atoms with van der Waals surface area (Å²) < 4.78 is 6.23. The van der Waals surface area contributed by atoms with Crippen molar-refractivity contribution in [1.82, 2.24) is 9.97 Å². The van der Waals surface area contributed by atoms with E-state index in [1.54, 1.807) is 24.8 Å². The van der Waals surface area contributed by atoms with Crippen molar-refractivity contribution in [3.05, 3.63) is 66.5 Å². The molecule has 0 saturated carbocycles. The number of aromatic nitrogens is 2. The van der Waals surface area contributed by atoms with Crippen molar-refractivity contribution in [2.75, 3.05) is 12.4 Å². The van der Waals surface area contributed by atoms with E-state index in [2.05, 4.69) is 27.3 Å². The monoisotopic (exact) mass is 357 g/mol. The van der Waals surface area contributed by atoms with Crippen molar-refractivity contribution in [2.24, 2.45) is 0 Å². The lowest BCUT2D eigenvalue weighted by molar-refractivity contribution is 0.415. The van der Waals surface area contributed by atoms with Gasteiger partial charge in [0, 0.05) is 16.1 Å². The molecule has 0 atom stereocenters. The number of rotatable bonds is 4. The van der Waals surface area contributed by atoms with E-state index in [-0.39, 0.29) is 0 Å². The van der Waals surface area contributed by atoms with Gasteiger partial charge in [0.25, 0.3) is 0 Å². The van der Waals surface area contributed by atoms with Crippen molar-refractivity contribution in [2.45, 2.75) is 0 Å². The Labute approximate surface area is 155 Å². The van der Waals surface area contributed by atoms with E-state index in [0.717, 1.165) is 43.5 Å². The number of nitrogens with zero attached hydrogens (tertiary/aromatic N) is 2. The summed E-state index contributed by atoms with van der Waals surface area (Å²) in [4.78, 5) is 9.94. The molecule has 126 valence electrons. The van der Waals surface area contributed by atoms with Gasteiger partial charge in [-0.05, 0) is 54.1 Å². The fourth-order valence-electron chi connectivity index (χ4n) is 2.66. The Balaban J connectivity index is 1.72. The summed E-state index contributed by atoms with van der Waals surface area (Å²) >= 11 is 1.65. The molecule has 5 heteroatoms. The van der Waals surface area contributed by atoms with Gasteiger partial charge >= 0.3 is 0 Å². The Morgan fingerprint density at radius 1 is 1.08 bits per heavy atom. The predicted octanol–water partition coefficient (Wildman–Crippen LogP) is 5.09. The SMILES string of the molecule is C#Cc1cccc(Nc2ncnc3cc(-c4ccc(OC)cc4)sc23)c1. The molecule has 26 heavy (non-hydrogen) atoms. The maximum Gasteiger partial charge on any atom is 0.151 e. The van der Waals surface area contributed by atoms with Crippen LogP contribution in [0.15, 0.2) is 60.9 Å². The molecule has 2 heterocycles. The van der Waals surface area contributed by atoms with Gasteiger partial charge in [-0.3, -0.25) is 0 Å². The van der Waals surface area contributed by atoms with Crippen molar-refractivity contribution in [1.29, 1.82) is 0 Å². The van der Waals surface area contributed by atoms with Crippen molar-refractivity contribution in [3.8, 4) is 28.5 Å². The third-order valence-corrected chi connectivity index (χ3v) is 5.16. The van der Waals surface area contributed by atoms with E-state index in [9.17, 15) is 0 Å². The van der Waals surface area contributed by atoms with Gasteiger partial charge in [-0.25, -0.2) is 9.97 Å². The van der Waals surface area contributed by atoms with Crippen LogP contribution >= 0.6 is 11.3 Å². The minimum absolute atomic E-state index is 0.772. The average molecular weight is 357 g/mol. The third kappa shape index (κ3) is 3.10. The smallest absolute Gasteiger partial charge is 0.151 e. The fraction of sp³-hybridized carbons (Fsp3) is 0.0476. The van der Waals surface area contributed by atoms with Crippen molar-refractivity contribution >= 4 is 33.1 Å². The average Bonchev–Trinajstić information content (AvgIpc) is 3.13. The fourth-order valence-corrected chi connectivity index (χ4v) is 3.73. The Morgan fingerprint density at radius 3 is 2.69 bits per heavy atom. The predicted molar refractivity (Wildman–Crippen MR) is 107 cm³/mol. The molecule has 1 N–H and O–H groups in total. The van der Waals surface area contributed by atoms with E-state index in [4.69, 9.17) is 11.2 Å². The standard InChI is InChI=1S/C21H15N3OS/c1-3-14-5-4-6-16(11-14)24-21-20-18(22-13-23-21)12-19(26-20)15-7-9-17(25-2)10-8-15/h1,4-13H,2H3,(H,22,23,24). The number of ether oxygens (including phenoxy) is 1. The van der Waals surface area contributed by atoms with Gasteiger partial charge in [-0.1, -0.05) is 12.0 Å². The van der Waals surface area contributed by atoms with Gasteiger partial charge in [0.05, 0.1) is 17.3 Å². The highest BCUT2D eigenvalue weighted by Gasteiger charge is 2.11. The van der Waals surface area contributed by atoms with Crippen LogP contribution in [0.2, 0.25) is 0 Å². The number of hydrogen-bond acceptors (Lipinski definition) is 5. The van der Waals surface area contributed by atoms with Gasteiger partial charge in [0.1, 0.15) is 12.1 Å². The lowest BCUT2D eigenvalue weighted by atomic mass is 10.2. The normalized spacial score (nSPS) is 10.5. The second-order valence-electron chi connectivity index (χ2n) is 5.63. The largest absolute Gasteiger partial charge is 0.497 e. The van der Waals surface area contributed by atoms with Crippen molar-refractivity contribution in [3.63, 3.8) is 0 Å². The minimum atomic E-state index is 0.772. The number of methoxy groups -OCH3 is 1. The lowest BCUT2D eigenvalue weighted by Gasteiger charge is -2.06. The minimum Gasteiger partial charge on any atom is -0.497 e. The van der Waals surface area contributed by atoms with Crippen LogP contribution in [0.5, 0.6) is 5.75 Å². The highest BCUT2D eigenvalue weighted by atomic mass is 32.1. The number of benzene rings is 2. The first kappa shape index (κ1) is 16.1. The summed E-state index contributed by atoms with van der Waals surface area (Å²) in [6.45, 7) is 0. The number of thiophene rings is 1. The number of nitrogens with one attached hydrogen (secondary N) is 1. The first-order valence-electron chi connectivity index (χ1n) is 7.99. The molecule has 0 spiro atoms. The molecule has 0 fully saturated rings. The lowest BCUT2D eigenvalue weighted by Crippen LogP contribution is -1.94. The molecular formula is C21H15N3OS. The van der Waals surface area contributed by atoms with E-state index in [1.165, 1.54) is 0 Å². The molecule has 0 amide bonds. The summed E-state index contributed by atoms with van der Waals surface area (Å²) in [5.74, 6) is 4.26. The van der Waals surface area contributed by atoms with Crippen molar-refractivity contribution < 1.29 is 4.74 Å². The third-order valence-electron chi connectivity index (χ3n) is 3.98. The van der Waals surface area contributed by atoms with Gasteiger partial charge in [0.2, 0.25) is 0 Å². The maximum absolute atomic E-state index is 5.48. The van der Waals surface area contributed by atoms with Crippen LogP contribution in [-0.4, -0.2) is 17.1 Å². The quantitative estimate of drug-likeness (QED) is 0.517. The second-order valence-corrected chi connectivity index (χ2v) is 6.68. The molecular weight excluding hydrogens is 342 g/mol. The molecule has 4 nitrogen and oxygen atoms in total. The van der Waals surface area contributed by atoms with Crippen LogP contribution in [0.3, 0.4) is 0 Å². The highest BCUT2D eigenvalue weighted by molar-refractivity contribution is 7.22. The van der Waals surface area contributed by atoms with Crippen LogP contribution in [0.1, 0.15) is 5.56 Å². The zero-order valence-corrected chi connectivity index (χ0v) is 14.9. The van der Waals surface area contributed by atoms with Crippen LogP contribution in [0.4, 0.5) is 11.5 Å². The summed E-state index contributed by atoms with van der Waals surface area (Å²) in [5.41, 5.74) is 3.76. The Bertz CT molecular complexity index is 1110. The zero-order chi connectivity index (χ0) is 17.9. The molecule has 0 radical (unpaired) electrons. The van der Waals surface area contributed by atoms with E-state index in [1.807, 2.05) is 48.5 Å². The topological polar surface area (TPSA) is 47.0 Å². The molecule has 0 aliphatic carbocycles. The van der Waals surface area contributed by atoms with Gasteiger partial charge in [-0.15, -0.1) is 17.8 Å². The molecule has 0 aliphatic rings. The maximum atomic E-state index is 5.48. The summed E-state index contributed by atoms with van der Waals surface area (Å²) in [6.07, 6.45) is 7.05. The van der Waals surface area contributed by atoms with Crippen LogP contribution in [0.25, 0.3) is 20.7 Å². The van der Waals surface area contributed by atoms with E-state index >= 15 is 0 Å². The number of anilines is 2. The summed E-state index contributed by atoms with van der Waals surface area (Å²) in [6, 6.07) is 17.8. The van der Waals surface area contributed by atoms with Crippen LogP contribution in [0, 0.1) is 12.3 Å².